The summed E-state index contributed by atoms with van der Waals surface area (Å²) in [6, 6.07) is 8.45. The van der Waals surface area contributed by atoms with Gasteiger partial charge in [0.25, 0.3) is 10.0 Å². The number of carbonyl (C=O) groups is 1. The molecular weight excluding hydrogens is 405 g/mol. The van der Waals surface area contributed by atoms with E-state index in [4.69, 9.17) is 0 Å². The predicted molar refractivity (Wildman–Crippen MR) is 93.7 cm³/mol. The molecule has 2 rings (SSSR count). The van der Waals surface area contributed by atoms with Gasteiger partial charge in [0, 0.05) is 26.2 Å². The molecular formula is C16H17F3N2O4S2. The number of thiophene rings is 1. The Hall–Kier alpha value is -2.11. The highest BCUT2D eigenvalue weighted by Crippen LogP contribution is 2.27. The molecule has 1 amide bonds. The first kappa shape index (κ1) is 21.2. The number of sulfonamides is 1. The van der Waals surface area contributed by atoms with E-state index in [0.29, 0.717) is 0 Å². The molecule has 6 nitrogen and oxygen atoms in total. The maximum Gasteiger partial charge on any atom is 0.573 e. The fourth-order valence-electron chi connectivity index (χ4n) is 2.16. The minimum absolute atomic E-state index is 0.101. The van der Waals surface area contributed by atoms with Crippen molar-refractivity contribution in [3.8, 4) is 5.75 Å². The molecule has 0 aliphatic heterocycles. The summed E-state index contributed by atoms with van der Waals surface area (Å²) in [6.45, 7) is -0.614. The summed E-state index contributed by atoms with van der Waals surface area (Å²) in [4.78, 5) is 13.5. The van der Waals surface area contributed by atoms with Crippen molar-refractivity contribution < 1.29 is 31.1 Å². The highest BCUT2D eigenvalue weighted by Gasteiger charge is 2.32. The quantitative estimate of drug-likeness (QED) is 0.688. The molecule has 0 spiro atoms. The molecule has 1 aromatic carbocycles. The molecule has 0 saturated carbocycles. The smallest absolute Gasteiger partial charge is 0.405 e. The summed E-state index contributed by atoms with van der Waals surface area (Å²) in [5.74, 6) is -0.983. The van der Waals surface area contributed by atoms with Crippen LogP contribution < -0.4 is 4.74 Å². The lowest BCUT2D eigenvalue weighted by atomic mass is 10.2. The van der Waals surface area contributed by atoms with Crippen LogP contribution in [0.25, 0.3) is 0 Å². The van der Waals surface area contributed by atoms with Crippen molar-refractivity contribution in [1.29, 1.82) is 0 Å². The van der Waals surface area contributed by atoms with E-state index in [-0.39, 0.29) is 16.3 Å². The SMILES string of the molecule is CN(Cc1ccccc1OC(F)(F)F)C(=O)CN(C)S(=O)(=O)c1cccs1. The number of carbonyl (C=O) groups excluding carboxylic acids is 1. The zero-order valence-electron chi connectivity index (χ0n) is 14.4. The lowest BCUT2D eigenvalue weighted by Crippen LogP contribution is -2.39. The summed E-state index contributed by atoms with van der Waals surface area (Å²) >= 11 is 1.03. The Balaban J connectivity index is 2.06. The number of alkyl halides is 3. The highest BCUT2D eigenvalue weighted by atomic mass is 32.2. The van der Waals surface area contributed by atoms with Crippen molar-refractivity contribution in [2.24, 2.45) is 0 Å². The number of rotatable bonds is 7. The molecule has 0 radical (unpaired) electrons. The number of para-hydroxylation sites is 1. The van der Waals surface area contributed by atoms with Gasteiger partial charge in [-0.15, -0.1) is 24.5 Å². The monoisotopic (exact) mass is 422 g/mol. The van der Waals surface area contributed by atoms with Crippen LogP contribution in [0.4, 0.5) is 13.2 Å². The van der Waals surface area contributed by atoms with Gasteiger partial charge in [0.05, 0.1) is 6.54 Å². The van der Waals surface area contributed by atoms with E-state index in [0.717, 1.165) is 26.6 Å². The van der Waals surface area contributed by atoms with E-state index >= 15 is 0 Å². The van der Waals surface area contributed by atoms with Crippen molar-refractivity contribution in [2.45, 2.75) is 17.1 Å². The van der Waals surface area contributed by atoms with E-state index in [1.165, 1.54) is 38.4 Å². The average Bonchev–Trinajstić information content (AvgIpc) is 3.10. The van der Waals surface area contributed by atoms with Crippen LogP contribution in [-0.2, 0) is 21.4 Å². The summed E-state index contributed by atoms with van der Waals surface area (Å²) in [6.07, 6.45) is -4.85. The van der Waals surface area contributed by atoms with Gasteiger partial charge in [-0.3, -0.25) is 4.79 Å². The van der Waals surface area contributed by atoms with Crippen LogP contribution in [0.15, 0.2) is 46.0 Å². The minimum Gasteiger partial charge on any atom is -0.405 e. The molecule has 0 unspecified atom stereocenters. The Morgan fingerprint density at radius 2 is 1.81 bits per heavy atom. The fraction of sp³-hybridized carbons (Fsp3) is 0.312. The molecule has 0 saturated heterocycles. The molecule has 27 heavy (non-hydrogen) atoms. The van der Waals surface area contributed by atoms with Crippen LogP contribution in [0.2, 0.25) is 0 Å². The first-order valence-electron chi connectivity index (χ1n) is 7.58. The Morgan fingerprint density at radius 1 is 1.15 bits per heavy atom. The molecule has 0 aliphatic carbocycles. The fourth-order valence-corrected chi connectivity index (χ4v) is 4.48. The second-order valence-corrected chi connectivity index (χ2v) is 8.82. The van der Waals surface area contributed by atoms with Gasteiger partial charge in [0.15, 0.2) is 0 Å². The van der Waals surface area contributed by atoms with E-state index in [9.17, 15) is 26.4 Å². The van der Waals surface area contributed by atoms with Crippen LogP contribution in [0, 0.1) is 0 Å². The Bertz CT molecular complexity index is 883. The van der Waals surface area contributed by atoms with Crippen LogP contribution in [-0.4, -0.2) is 50.5 Å². The zero-order chi connectivity index (χ0) is 20.2. The van der Waals surface area contributed by atoms with Crippen molar-refractivity contribution in [2.75, 3.05) is 20.6 Å². The van der Waals surface area contributed by atoms with E-state index in [1.807, 2.05) is 0 Å². The van der Waals surface area contributed by atoms with Gasteiger partial charge in [-0.05, 0) is 17.5 Å². The van der Waals surface area contributed by atoms with Gasteiger partial charge in [-0.1, -0.05) is 24.3 Å². The highest BCUT2D eigenvalue weighted by molar-refractivity contribution is 7.91. The third kappa shape index (κ3) is 5.68. The number of nitrogens with zero attached hydrogens (tertiary/aromatic N) is 2. The van der Waals surface area contributed by atoms with Crippen molar-refractivity contribution >= 4 is 27.3 Å². The maximum atomic E-state index is 12.5. The number of ether oxygens (including phenoxy) is 1. The molecule has 1 aromatic heterocycles. The number of hydrogen-bond acceptors (Lipinski definition) is 5. The molecule has 1 heterocycles. The minimum atomic E-state index is -4.85. The van der Waals surface area contributed by atoms with Gasteiger partial charge < -0.3 is 9.64 Å². The van der Waals surface area contributed by atoms with E-state index < -0.39 is 34.6 Å². The van der Waals surface area contributed by atoms with Crippen molar-refractivity contribution in [3.05, 3.63) is 47.3 Å². The van der Waals surface area contributed by atoms with E-state index in [2.05, 4.69) is 4.74 Å². The third-order valence-electron chi connectivity index (χ3n) is 3.55. The maximum absolute atomic E-state index is 12.5. The number of benzene rings is 1. The molecule has 2 aromatic rings. The van der Waals surface area contributed by atoms with E-state index in [1.54, 1.807) is 11.4 Å². The van der Waals surface area contributed by atoms with Crippen molar-refractivity contribution in [3.63, 3.8) is 0 Å². The second kappa shape index (κ2) is 8.28. The van der Waals surface area contributed by atoms with Crippen LogP contribution in [0.1, 0.15) is 5.56 Å². The van der Waals surface area contributed by atoms with Gasteiger partial charge in [0.1, 0.15) is 9.96 Å². The third-order valence-corrected chi connectivity index (χ3v) is 6.73. The number of halogens is 3. The Morgan fingerprint density at radius 3 is 2.41 bits per heavy atom. The predicted octanol–water partition coefficient (Wildman–Crippen LogP) is 2.93. The summed E-state index contributed by atoms with van der Waals surface area (Å²) < 4.78 is 67.1. The Labute approximate surface area is 158 Å². The largest absolute Gasteiger partial charge is 0.573 e. The van der Waals surface area contributed by atoms with Crippen molar-refractivity contribution in [1.82, 2.24) is 9.21 Å². The normalized spacial score (nSPS) is 12.2. The molecule has 11 heteroatoms. The van der Waals surface area contributed by atoms with Gasteiger partial charge in [-0.25, -0.2) is 8.42 Å². The average molecular weight is 422 g/mol. The zero-order valence-corrected chi connectivity index (χ0v) is 16.1. The molecule has 0 aliphatic rings. The van der Waals surface area contributed by atoms with Gasteiger partial charge in [0.2, 0.25) is 5.91 Å². The molecule has 0 N–H and O–H groups in total. The standard InChI is InChI=1S/C16H17F3N2O4S2/c1-20(10-12-6-3-4-7-13(12)25-16(17,18)19)14(22)11-21(2)27(23,24)15-8-5-9-26-15/h3-9H,10-11H2,1-2H3. The first-order chi connectivity index (χ1) is 12.5. The Kier molecular flexibility index (Phi) is 6.50. The van der Waals surface area contributed by atoms with Crippen LogP contribution in [0.5, 0.6) is 5.75 Å². The lowest BCUT2D eigenvalue weighted by Gasteiger charge is -2.22. The second-order valence-electron chi connectivity index (χ2n) is 5.60. The summed E-state index contributed by atoms with van der Waals surface area (Å²) in [5.41, 5.74) is 0.148. The van der Waals surface area contributed by atoms with Gasteiger partial charge in [-0.2, -0.15) is 4.31 Å². The number of hydrogen-bond donors (Lipinski definition) is 0. The first-order valence-corrected chi connectivity index (χ1v) is 9.90. The molecule has 0 fully saturated rings. The summed E-state index contributed by atoms with van der Waals surface area (Å²) in [5, 5.41) is 1.60. The van der Waals surface area contributed by atoms with Gasteiger partial charge >= 0.3 is 6.36 Å². The summed E-state index contributed by atoms with van der Waals surface area (Å²) in [7, 11) is -1.16. The number of amides is 1. The molecule has 0 bridgehead atoms. The molecule has 0 atom stereocenters. The van der Waals surface area contributed by atoms with Crippen LogP contribution in [0.3, 0.4) is 0 Å². The topological polar surface area (TPSA) is 66.9 Å². The molecule has 148 valence electrons. The lowest BCUT2D eigenvalue weighted by molar-refractivity contribution is -0.275. The number of likely N-dealkylation sites (N-methyl/N-ethyl adjacent to an activating group) is 2. The van der Waals surface area contributed by atoms with Crippen LogP contribution >= 0.6 is 11.3 Å².